The van der Waals surface area contributed by atoms with Crippen molar-refractivity contribution in [2.75, 3.05) is 16.4 Å². The first-order valence-corrected chi connectivity index (χ1v) is 6.88. The summed E-state index contributed by atoms with van der Waals surface area (Å²) in [6.07, 6.45) is 1.21. The summed E-state index contributed by atoms with van der Waals surface area (Å²) in [5, 5.41) is 5.53. The first-order chi connectivity index (χ1) is 11.5. The maximum absolute atomic E-state index is 13.7. The van der Waals surface area contributed by atoms with Gasteiger partial charge in [0.1, 0.15) is 29.5 Å². The van der Waals surface area contributed by atoms with Crippen molar-refractivity contribution in [3.05, 3.63) is 66.2 Å². The number of nitrogens with one attached hydrogen (secondary N) is 2. The molecule has 1 aromatic heterocycles. The van der Waals surface area contributed by atoms with Gasteiger partial charge >= 0.3 is 0 Å². The summed E-state index contributed by atoms with van der Waals surface area (Å²) in [7, 11) is 0. The summed E-state index contributed by atoms with van der Waals surface area (Å²) in [4.78, 5) is 7.91. The lowest BCUT2D eigenvalue weighted by Crippen LogP contribution is -2.06. The zero-order valence-corrected chi connectivity index (χ0v) is 12.2. The number of aromatic nitrogens is 2. The molecule has 1 heterocycles. The van der Waals surface area contributed by atoms with Crippen LogP contribution in [0.15, 0.2) is 48.8 Å². The van der Waals surface area contributed by atoms with E-state index < -0.39 is 11.6 Å². The molecule has 0 saturated heterocycles. The lowest BCUT2D eigenvalue weighted by Gasteiger charge is -2.13. The van der Waals surface area contributed by atoms with Crippen LogP contribution in [-0.2, 0) is 0 Å². The first kappa shape index (κ1) is 15.6. The summed E-state index contributed by atoms with van der Waals surface area (Å²) in [6, 6.07) is 8.57. The van der Waals surface area contributed by atoms with Gasteiger partial charge in [0.05, 0.1) is 5.69 Å². The van der Waals surface area contributed by atoms with Crippen LogP contribution in [0.25, 0.3) is 0 Å². The number of benzene rings is 2. The molecular formula is C16H12F3N5. The molecule has 24 heavy (non-hydrogen) atoms. The molecule has 2 aromatic carbocycles. The van der Waals surface area contributed by atoms with Gasteiger partial charge in [-0.3, -0.25) is 0 Å². The number of halogens is 3. The standard InChI is InChI=1S/C16H12F3N5/c17-9-1-4-11(5-2-9)23-15-14(20)16(22-8-21-15)24-13-7-10(18)3-6-12(13)19/h1-8H,20H2,(H2,21,22,23,24). The quantitative estimate of drug-likeness (QED) is 0.674. The third-order valence-corrected chi connectivity index (χ3v) is 3.17. The molecule has 0 aliphatic rings. The van der Waals surface area contributed by atoms with E-state index in [-0.39, 0.29) is 28.8 Å². The van der Waals surface area contributed by atoms with E-state index in [0.29, 0.717) is 5.69 Å². The number of hydrogen-bond acceptors (Lipinski definition) is 5. The predicted molar refractivity (Wildman–Crippen MR) is 85.8 cm³/mol. The van der Waals surface area contributed by atoms with E-state index in [2.05, 4.69) is 20.6 Å². The Bertz CT molecular complexity index is 868. The molecule has 4 N–H and O–H groups in total. The molecule has 0 aliphatic carbocycles. The first-order valence-electron chi connectivity index (χ1n) is 6.88. The average molecular weight is 331 g/mol. The van der Waals surface area contributed by atoms with E-state index in [1.165, 1.54) is 30.6 Å². The molecule has 0 saturated carbocycles. The number of nitrogen functional groups attached to an aromatic ring is 1. The molecule has 0 fully saturated rings. The van der Waals surface area contributed by atoms with Crippen molar-refractivity contribution >= 4 is 28.7 Å². The van der Waals surface area contributed by atoms with E-state index in [1.807, 2.05) is 0 Å². The Morgan fingerprint density at radius 3 is 2.12 bits per heavy atom. The normalized spacial score (nSPS) is 10.5. The van der Waals surface area contributed by atoms with Gasteiger partial charge in [-0.2, -0.15) is 0 Å². The van der Waals surface area contributed by atoms with Gasteiger partial charge in [-0.1, -0.05) is 0 Å². The highest BCUT2D eigenvalue weighted by Gasteiger charge is 2.11. The molecule has 0 radical (unpaired) electrons. The lowest BCUT2D eigenvalue weighted by molar-refractivity contribution is 0.603. The monoisotopic (exact) mass is 331 g/mol. The van der Waals surface area contributed by atoms with Crippen LogP contribution in [0.5, 0.6) is 0 Å². The lowest BCUT2D eigenvalue weighted by atomic mass is 10.3. The zero-order chi connectivity index (χ0) is 17.1. The summed E-state index contributed by atoms with van der Waals surface area (Å²) < 4.78 is 39.9. The second-order valence-electron chi connectivity index (χ2n) is 4.87. The Kier molecular flexibility index (Phi) is 4.19. The molecule has 3 aromatic rings. The van der Waals surface area contributed by atoms with Crippen molar-refractivity contribution < 1.29 is 13.2 Å². The smallest absolute Gasteiger partial charge is 0.159 e. The fourth-order valence-corrected chi connectivity index (χ4v) is 1.99. The minimum Gasteiger partial charge on any atom is -0.393 e. The van der Waals surface area contributed by atoms with Gasteiger partial charge in [0.2, 0.25) is 0 Å². The van der Waals surface area contributed by atoms with E-state index in [1.54, 1.807) is 0 Å². The molecule has 0 bridgehead atoms. The molecule has 5 nitrogen and oxygen atoms in total. The molecule has 0 amide bonds. The van der Waals surface area contributed by atoms with Crippen LogP contribution < -0.4 is 16.4 Å². The third-order valence-electron chi connectivity index (χ3n) is 3.17. The summed E-state index contributed by atoms with van der Waals surface area (Å²) in [5.41, 5.74) is 6.52. The fourth-order valence-electron chi connectivity index (χ4n) is 1.99. The second kappa shape index (κ2) is 6.45. The van der Waals surface area contributed by atoms with Crippen LogP contribution in [0.2, 0.25) is 0 Å². The van der Waals surface area contributed by atoms with Crippen molar-refractivity contribution in [1.29, 1.82) is 0 Å². The van der Waals surface area contributed by atoms with Crippen molar-refractivity contribution in [1.82, 2.24) is 9.97 Å². The van der Waals surface area contributed by atoms with Crippen molar-refractivity contribution in [3.63, 3.8) is 0 Å². The van der Waals surface area contributed by atoms with Crippen LogP contribution in [0.1, 0.15) is 0 Å². The van der Waals surface area contributed by atoms with Crippen molar-refractivity contribution in [2.24, 2.45) is 0 Å². The fraction of sp³-hybridized carbons (Fsp3) is 0. The second-order valence-corrected chi connectivity index (χ2v) is 4.87. The Hall–Kier alpha value is -3.29. The van der Waals surface area contributed by atoms with E-state index in [9.17, 15) is 13.2 Å². The highest BCUT2D eigenvalue weighted by atomic mass is 19.1. The molecule has 8 heteroatoms. The van der Waals surface area contributed by atoms with Crippen molar-refractivity contribution in [3.8, 4) is 0 Å². The average Bonchev–Trinajstić information content (AvgIpc) is 2.56. The number of rotatable bonds is 4. The maximum atomic E-state index is 13.7. The molecule has 0 atom stereocenters. The number of nitrogens with two attached hydrogens (primary N) is 1. The summed E-state index contributed by atoms with van der Waals surface area (Å²) in [5.74, 6) is -1.27. The SMILES string of the molecule is Nc1c(Nc2ccc(F)cc2)ncnc1Nc1cc(F)ccc1F. The third kappa shape index (κ3) is 3.37. The molecule has 0 aliphatic heterocycles. The topological polar surface area (TPSA) is 75.9 Å². The van der Waals surface area contributed by atoms with Gasteiger partial charge < -0.3 is 16.4 Å². The van der Waals surface area contributed by atoms with E-state index in [4.69, 9.17) is 5.73 Å². The van der Waals surface area contributed by atoms with Gasteiger partial charge in [0.25, 0.3) is 0 Å². The van der Waals surface area contributed by atoms with Gasteiger partial charge in [-0.05, 0) is 36.4 Å². The van der Waals surface area contributed by atoms with Crippen LogP contribution in [0, 0.1) is 17.5 Å². The summed E-state index contributed by atoms with van der Waals surface area (Å²) in [6.45, 7) is 0. The molecule has 0 spiro atoms. The Labute approximate surface area is 135 Å². The highest BCUT2D eigenvalue weighted by molar-refractivity contribution is 5.80. The molecule has 0 unspecified atom stereocenters. The molecule has 3 rings (SSSR count). The van der Waals surface area contributed by atoms with Crippen LogP contribution >= 0.6 is 0 Å². The summed E-state index contributed by atoms with van der Waals surface area (Å²) >= 11 is 0. The largest absolute Gasteiger partial charge is 0.393 e. The van der Waals surface area contributed by atoms with Crippen LogP contribution in [-0.4, -0.2) is 9.97 Å². The number of anilines is 5. The van der Waals surface area contributed by atoms with E-state index in [0.717, 1.165) is 18.2 Å². The van der Waals surface area contributed by atoms with Gasteiger partial charge in [-0.15, -0.1) is 0 Å². The molecule has 122 valence electrons. The number of hydrogen-bond donors (Lipinski definition) is 3. The Morgan fingerprint density at radius 1 is 0.792 bits per heavy atom. The Balaban J connectivity index is 1.88. The molecular weight excluding hydrogens is 319 g/mol. The van der Waals surface area contributed by atoms with Gasteiger partial charge in [0.15, 0.2) is 11.6 Å². The van der Waals surface area contributed by atoms with Gasteiger partial charge in [0, 0.05) is 11.8 Å². The minimum atomic E-state index is -0.651. The van der Waals surface area contributed by atoms with Crippen molar-refractivity contribution in [2.45, 2.75) is 0 Å². The van der Waals surface area contributed by atoms with Crippen LogP contribution in [0.3, 0.4) is 0 Å². The predicted octanol–water partition coefficient (Wildman–Crippen LogP) is 3.96. The highest BCUT2D eigenvalue weighted by Crippen LogP contribution is 2.29. The zero-order valence-electron chi connectivity index (χ0n) is 12.2. The van der Waals surface area contributed by atoms with E-state index >= 15 is 0 Å². The van der Waals surface area contributed by atoms with Gasteiger partial charge in [-0.25, -0.2) is 23.1 Å². The maximum Gasteiger partial charge on any atom is 0.159 e. The van der Waals surface area contributed by atoms with Crippen LogP contribution in [0.4, 0.5) is 41.9 Å². The number of nitrogens with zero attached hydrogens (tertiary/aromatic N) is 2. The minimum absolute atomic E-state index is 0.102. The Morgan fingerprint density at radius 2 is 1.42 bits per heavy atom.